The average molecular weight is 545 g/mol. The fourth-order valence-corrected chi connectivity index (χ4v) is 3.75. The first-order valence-corrected chi connectivity index (χ1v) is 11.8. The van der Waals surface area contributed by atoms with Crippen molar-refractivity contribution in [1.82, 2.24) is 5.32 Å². The van der Waals surface area contributed by atoms with Gasteiger partial charge in [0.25, 0.3) is 11.8 Å². The number of rotatable bonds is 9. The third-order valence-electron chi connectivity index (χ3n) is 5.02. The number of nitrogens with zero attached hydrogens (tertiary/aromatic N) is 1. The molecule has 4 amide bonds. The Morgan fingerprint density at radius 1 is 1.00 bits per heavy atom. The molecule has 1 heterocycles. The van der Waals surface area contributed by atoms with Crippen LogP contribution in [0.25, 0.3) is 6.08 Å². The molecule has 1 N–H and O–H groups in total. The second-order valence-corrected chi connectivity index (χ2v) is 8.18. The first-order chi connectivity index (χ1) is 16.8. The van der Waals surface area contributed by atoms with Crippen LogP contribution in [0.1, 0.15) is 31.9 Å². The van der Waals surface area contributed by atoms with Crippen molar-refractivity contribution < 1.29 is 33.4 Å². The van der Waals surface area contributed by atoms with Gasteiger partial charge >= 0.3 is 12.0 Å². The number of aryl methyl sites for hydroxylation is 1. The number of hydrogen-bond donors (Lipinski definition) is 1. The first-order valence-electron chi connectivity index (χ1n) is 11.0. The third-order valence-corrected chi connectivity index (χ3v) is 5.70. The Bertz CT molecular complexity index is 1180. The highest BCUT2D eigenvalue weighted by atomic mass is 79.9. The van der Waals surface area contributed by atoms with Crippen molar-refractivity contribution in [3.05, 3.63) is 57.6 Å². The minimum Gasteiger partial charge on any atom is -0.490 e. The van der Waals surface area contributed by atoms with Crippen LogP contribution < -0.4 is 19.7 Å². The van der Waals surface area contributed by atoms with Gasteiger partial charge in [-0.2, -0.15) is 0 Å². The third kappa shape index (κ3) is 6.07. The van der Waals surface area contributed by atoms with Crippen LogP contribution in [0.4, 0.5) is 10.5 Å². The number of barbiturate groups is 1. The molecule has 0 aliphatic carbocycles. The molecule has 9 nitrogen and oxygen atoms in total. The number of esters is 1. The molecule has 0 bridgehead atoms. The van der Waals surface area contributed by atoms with Crippen LogP contribution in [0.3, 0.4) is 0 Å². The van der Waals surface area contributed by atoms with E-state index in [1.807, 2.05) is 19.1 Å². The SMILES string of the molecule is CCOC(=O)COc1cc(Br)c(/C=C2/C(=O)NC(=O)N(c3ccc(CC)cc3)C2=O)cc1OCC. The van der Waals surface area contributed by atoms with Gasteiger partial charge in [0.05, 0.1) is 18.9 Å². The van der Waals surface area contributed by atoms with E-state index in [1.54, 1.807) is 38.1 Å². The van der Waals surface area contributed by atoms with Crippen molar-refractivity contribution in [2.75, 3.05) is 24.7 Å². The van der Waals surface area contributed by atoms with Crippen LogP contribution >= 0.6 is 15.9 Å². The molecule has 10 heteroatoms. The Kier molecular flexibility index (Phi) is 8.64. The fraction of sp³-hybridized carbons (Fsp3) is 0.280. The van der Waals surface area contributed by atoms with Crippen molar-refractivity contribution >= 4 is 51.5 Å². The van der Waals surface area contributed by atoms with E-state index in [1.165, 1.54) is 6.08 Å². The van der Waals surface area contributed by atoms with Crippen LogP contribution in [0.2, 0.25) is 0 Å². The summed E-state index contributed by atoms with van der Waals surface area (Å²) in [4.78, 5) is 50.8. The van der Waals surface area contributed by atoms with Crippen LogP contribution in [-0.4, -0.2) is 43.6 Å². The molecule has 2 aromatic rings. The van der Waals surface area contributed by atoms with E-state index in [0.29, 0.717) is 28.1 Å². The Labute approximate surface area is 211 Å². The summed E-state index contributed by atoms with van der Waals surface area (Å²) in [5, 5.41) is 2.21. The second kappa shape index (κ2) is 11.7. The summed E-state index contributed by atoms with van der Waals surface area (Å²) in [7, 11) is 0. The first kappa shape index (κ1) is 26.0. The largest absolute Gasteiger partial charge is 0.490 e. The second-order valence-electron chi connectivity index (χ2n) is 7.33. The summed E-state index contributed by atoms with van der Waals surface area (Å²) in [6, 6.07) is 9.25. The van der Waals surface area contributed by atoms with Gasteiger partial charge in [-0.25, -0.2) is 14.5 Å². The van der Waals surface area contributed by atoms with Gasteiger partial charge in [-0.1, -0.05) is 35.0 Å². The standard InChI is InChI=1S/C25H25BrN2O7/c1-4-15-7-9-17(10-8-15)28-24(31)18(23(30)27-25(28)32)11-16-12-20(33-5-2)21(13-19(16)26)35-14-22(29)34-6-3/h7-13H,4-6,14H2,1-3H3,(H,27,30,32)/b18-11-. The van der Waals surface area contributed by atoms with Crippen molar-refractivity contribution in [2.24, 2.45) is 0 Å². The lowest BCUT2D eigenvalue weighted by Gasteiger charge is -2.26. The Morgan fingerprint density at radius 2 is 1.69 bits per heavy atom. The fourth-order valence-electron chi connectivity index (χ4n) is 3.31. The normalized spacial score (nSPS) is 14.7. The van der Waals surface area contributed by atoms with E-state index < -0.39 is 23.8 Å². The summed E-state index contributed by atoms with van der Waals surface area (Å²) in [6.45, 7) is 5.70. The Balaban J connectivity index is 1.95. The lowest BCUT2D eigenvalue weighted by atomic mass is 10.1. The molecular weight excluding hydrogens is 520 g/mol. The number of halogens is 1. The maximum atomic E-state index is 13.2. The average Bonchev–Trinajstić information content (AvgIpc) is 2.83. The predicted octanol–water partition coefficient (Wildman–Crippen LogP) is 4.02. The molecule has 1 aliphatic rings. The molecule has 3 rings (SSSR count). The lowest BCUT2D eigenvalue weighted by molar-refractivity contribution is -0.145. The predicted molar refractivity (Wildman–Crippen MR) is 132 cm³/mol. The highest BCUT2D eigenvalue weighted by molar-refractivity contribution is 9.10. The molecule has 35 heavy (non-hydrogen) atoms. The van der Waals surface area contributed by atoms with E-state index in [0.717, 1.165) is 16.9 Å². The van der Waals surface area contributed by atoms with E-state index in [2.05, 4.69) is 21.2 Å². The van der Waals surface area contributed by atoms with Gasteiger partial charge in [0, 0.05) is 4.47 Å². The number of benzene rings is 2. The van der Waals surface area contributed by atoms with Crippen LogP contribution in [0.15, 0.2) is 46.4 Å². The number of nitrogens with one attached hydrogen (secondary N) is 1. The summed E-state index contributed by atoms with van der Waals surface area (Å²) in [6.07, 6.45) is 2.17. The van der Waals surface area contributed by atoms with E-state index in [9.17, 15) is 19.2 Å². The van der Waals surface area contributed by atoms with Gasteiger partial charge in [-0.3, -0.25) is 14.9 Å². The zero-order valence-corrected chi connectivity index (χ0v) is 21.1. The number of ether oxygens (including phenoxy) is 3. The number of imide groups is 2. The molecule has 1 saturated heterocycles. The monoisotopic (exact) mass is 544 g/mol. The number of hydrogen-bond acceptors (Lipinski definition) is 7. The number of carbonyl (C=O) groups is 4. The van der Waals surface area contributed by atoms with E-state index in [-0.39, 0.29) is 24.5 Å². The zero-order chi connectivity index (χ0) is 25.5. The summed E-state index contributed by atoms with van der Waals surface area (Å²) in [5.41, 5.74) is 1.60. The van der Waals surface area contributed by atoms with Crippen LogP contribution in [-0.2, 0) is 25.5 Å². The number of anilines is 1. The molecule has 1 fully saturated rings. The van der Waals surface area contributed by atoms with Crippen LogP contribution in [0, 0.1) is 0 Å². The van der Waals surface area contributed by atoms with E-state index >= 15 is 0 Å². The summed E-state index contributed by atoms with van der Waals surface area (Å²) in [5.74, 6) is -1.51. The van der Waals surface area contributed by atoms with Gasteiger partial charge in [0.2, 0.25) is 0 Å². The quantitative estimate of drug-likeness (QED) is 0.288. The number of carbonyl (C=O) groups excluding carboxylic acids is 4. The zero-order valence-electron chi connectivity index (χ0n) is 19.6. The molecule has 1 aliphatic heterocycles. The van der Waals surface area contributed by atoms with Crippen molar-refractivity contribution in [3.8, 4) is 11.5 Å². The van der Waals surface area contributed by atoms with Crippen molar-refractivity contribution in [1.29, 1.82) is 0 Å². The van der Waals surface area contributed by atoms with Crippen molar-refractivity contribution in [3.63, 3.8) is 0 Å². The van der Waals surface area contributed by atoms with E-state index in [4.69, 9.17) is 14.2 Å². The number of amides is 4. The summed E-state index contributed by atoms with van der Waals surface area (Å²) < 4.78 is 16.5. The molecular formula is C25H25BrN2O7. The topological polar surface area (TPSA) is 111 Å². The smallest absolute Gasteiger partial charge is 0.344 e. The molecule has 0 unspecified atom stereocenters. The molecule has 2 aromatic carbocycles. The summed E-state index contributed by atoms with van der Waals surface area (Å²) >= 11 is 3.40. The molecule has 184 valence electrons. The molecule has 0 atom stereocenters. The van der Waals surface area contributed by atoms with Crippen molar-refractivity contribution in [2.45, 2.75) is 27.2 Å². The molecule has 0 radical (unpaired) electrons. The lowest BCUT2D eigenvalue weighted by Crippen LogP contribution is -2.54. The number of urea groups is 1. The minimum atomic E-state index is -0.821. The van der Waals surface area contributed by atoms with Crippen LogP contribution in [0.5, 0.6) is 11.5 Å². The maximum absolute atomic E-state index is 13.2. The maximum Gasteiger partial charge on any atom is 0.344 e. The minimum absolute atomic E-state index is 0.229. The van der Waals surface area contributed by atoms with Gasteiger partial charge in [-0.05, 0) is 61.7 Å². The molecule has 0 spiro atoms. The Morgan fingerprint density at radius 3 is 2.31 bits per heavy atom. The highest BCUT2D eigenvalue weighted by Crippen LogP contribution is 2.35. The van der Waals surface area contributed by atoms with Gasteiger partial charge in [-0.15, -0.1) is 0 Å². The molecule has 0 aromatic heterocycles. The van der Waals surface area contributed by atoms with Gasteiger partial charge in [0.1, 0.15) is 5.57 Å². The van der Waals surface area contributed by atoms with Gasteiger partial charge < -0.3 is 14.2 Å². The molecule has 0 saturated carbocycles. The van der Waals surface area contributed by atoms with Gasteiger partial charge in [0.15, 0.2) is 18.1 Å². The highest BCUT2D eigenvalue weighted by Gasteiger charge is 2.37. The Hall–Kier alpha value is -3.66.